The van der Waals surface area contributed by atoms with Gasteiger partial charge in [-0.2, -0.15) is 4.98 Å². The highest BCUT2D eigenvalue weighted by molar-refractivity contribution is 7.26. The Labute approximate surface area is 291 Å². The van der Waals surface area contributed by atoms with Gasteiger partial charge in [-0.05, 0) is 48.5 Å². The molecule has 0 bridgehead atoms. The Bertz CT molecular complexity index is 3240. The third kappa shape index (κ3) is 3.94. The molecule has 0 fully saturated rings. The lowest BCUT2D eigenvalue weighted by atomic mass is 10.1. The molecule has 0 saturated heterocycles. The summed E-state index contributed by atoms with van der Waals surface area (Å²) < 4.78 is 7.73. The minimum absolute atomic E-state index is 0.225. The van der Waals surface area contributed by atoms with Crippen LogP contribution in [0.5, 0.6) is 0 Å². The van der Waals surface area contributed by atoms with Gasteiger partial charge in [-0.25, -0.2) is 9.97 Å². The molecule has 0 spiro atoms. The van der Waals surface area contributed by atoms with E-state index < -0.39 is 0 Å². The van der Waals surface area contributed by atoms with Crippen molar-refractivity contribution in [3.8, 4) is 28.3 Å². The van der Waals surface area contributed by atoms with Gasteiger partial charge in [0.15, 0.2) is 10.8 Å². The summed E-state index contributed by atoms with van der Waals surface area (Å²) in [6.07, 6.45) is 0. The summed E-state index contributed by atoms with van der Waals surface area (Å²) in [5.74, 6) is 0.669. The smallest absolute Gasteiger partial charge is 0.281 e. The van der Waals surface area contributed by atoms with E-state index in [1.165, 1.54) is 16.0 Å². The summed E-state index contributed by atoms with van der Waals surface area (Å²) in [6, 6.07) is 48.0. The van der Waals surface area contributed by atoms with E-state index >= 15 is 0 Å². The van der Waals surface area contributed by atoms with Gasteiger partial charge in [-0.15, -0.1) is 11.3 Å². The normalized spacial score (nSPS) is 12.1. The highest BCUT2D eigenvalue weighted by atomic mass is 32.1. The highest BCUT2D eigenvalue weighted by Crippen LogP contribution is 2.40. The van der Waals surface area contributed by atoms with Crippen molar-refractivity contribution in [2.24, 2.45) is 0 Å². The highest BCUT2D eigenvalue weighted by Gasteiger charge is 2.20. The first-order chi connectivity index (χ1) is 24.7. The van der Waals surface area contributed by atoms with Crippen LogP contribution in [0.15, 0.2) is 144 Å². The fourth-order valence-corrected chi connectivity index (χ4v) is 9.54. The van der Waals surface area contributed by atoms with Crippen LogP contribution in [0.1, 0.15) is 0 Å². The van der Waals surface area contributed by atoms with E-state index in [1.54, 1.807) is 11.3 Å². The number of nitrogens with zero attached hydrogens (tertiary/aromatic N) is 5. The number of fused-ring (bicyclic) bond motifs is 11. The van der Waals surface area contributed by atoms with Gasteiger partial charge in [0.1, 0.15) is 0 Å². The SMILES string of the molecule is O=c1nc2sc3ccccc3n2c2cc3c4ccccc4n(-c4cccc(-c5nc(-c6ccccc6)c6sc7ccccc7c6n5)c4)c3cc12. The van der Waals surface area contributed by atoms with E-state index in [-0.39, 0.29) is 5.56 Å². The number of aromatic nitrogens is 5. The van der Waals surface area contributed by atoms with Crippen LogP contribution in [0.25, 0.3) is 96.5 Å². The largest absolute Gasteiger partial charge is 0.309 e. The van der Waals surface area contributed by atoms with Crippen molar-refractivity contribution < 1.29 is 0 Å². The summed E-state index contributed by atoms with van der Waals surface area (Å²) in [5, 5.41) is 3.90. The van der Waals surface area contributed by atoms with Crippen LogP contribution in [-0.4, -0.2) is 23.9 Å². The van der Waals surface area contributed by atoms with E-state index in [0.29, 0.717) is 16.2 Å². The van der Waals surface area contributed by atoms with Gasteiger partial charge in [0.05, 0.1) is 48.1 Å². The second-order valence-electron chi connectivity index (χ2n) is 12.4. The molecule has 11 aromatic rings. The molecule has 50 heavy (non-hydrogen) atoms. The molecule has 0 saturated carbocycles. The van der Waals surface area contributed by atoms with Gasteiger partial charge < -0.3 is 4.57 Å². The quantitative estimate of drug-likeness (QED) is 0.187. The lowest BCUT2D eigenvalue weighted by molar-refractivity contribution is 1.17. The molecule has 0 unspecified atom stereocenters. The molecular formula is C42H23N5OS2. The average molecular weight is 678 g/mol. The number of rotatable bonds is 3. The second-order valence-corrected chi connectivity index (χ2v) is 14.5. The molecule has 0 amide bonds. The Morgan fingerprint density at radius 2 is 1.22 bits per heavy atom. The fraction of sp³-hybridized carbons (Fsp3) is 0. The number of para-hydroxylation sites is 2. The third-order valence-electron chi connectivity index (χ3n) is 9.59. The van der Waals surface area contributed by atoms with E-state index in [1.807, 2.05) is 24.3 Å². The molecule has 6 aromatic carbocycles. The molecule has 0 radical (unpaired) electrons. The number of hydrogen-bond acceptors (Lipinski definition) is 6. The molecular weight excluding hydrogens is 655 g/mol. The summed E-state index contributed by atoms with van der Waals surface area (Å²) in [6.45, 7) is 0. The van der Waals surface area contributed by atoms with Gasteiger partial charge in [0.2, 0.25) is 0 Å². The predicted molar refractivity (Wildman–Crippen MR) is 208 cm³/mol. The molecule has 0 aliphatic heterocycles. The molecule has 5 aromatic heterocycles. The molecule has 11 rings (SSSR count). The Balaban J connectivity index is 1.18. The second kappa shape index (κ2) is 10.4. The number of benzene rings is 6. The Kier molecular flexibility index (Phi) is 5.76. The maximum absolute atomic E-state index is 13.6. The fourth-order valence-electron chi connectivity index (χ4n) is 7.36. The van der Waals surface area contributed by atoms with Gasteiger partial charge in [0.25, 0.3) is 5.56 Å². The molecule has 0 aliphatic rings. The molecule has 0 N–H and O–H groups in total. The lowest BCUT2D eigenvalue weighted by Gasteiger charge is -2.11. The minimum Gasteiger partial charge on any atom is -0.309 e. The molecule has 5 heterocycles. The van der Waals surface area contributed by atoms with Crippen LogP contribution < -0.4 is 5.56 Å². The Hall–Kier alpha value is -6.22. The van der Waals surface area contributed by atoms with Crippen molar-refractivity contribution in [1.29, 1.82) is 0 Å². The van der Waals surface area contributed by atoms with Crippen LogP contribution in [0.4, 0.5) is 0 Å². The van der Waals surface area contributed by atoms with Crippen LogP contribution in [0.3, 0.4) is 0 Å². The number of hydrogen-bond donors (Lipinski definition) is 0. The third-order valence-corrected chi connectivity index (χ3v) is 11.8. The van der Waals surface area contributed by atoms with Crippen molar-refractivity contribution in [1.82, 2.24) is 23.9 Å². The zero-order valence-corrected chi connectivity index (χ0v) is 27.9. The summed E-state index contributed by atoms with van der Waals surface area (Å²) in [7, 11) is 0. The molecule has 234 valence electrons. The zero-order valence-electron chi connectivity index (χ0n) is 26.2. The summed E-state index contributed by atoms with van der Waals surface area (Å²) in [5.41, 5.74) is 8.51. The van der Waals surface area contributed by atoms with E-state index in [4.69, 9.17) is 9.97 Å². The maximum Gasteiger partial charge on any atom is 0.281 e. The van der Waals surface area contributed by atoms with Gasteiger partial charge >= 0.3 is 0 Å². The Morgan fingerprint density at radius 1 is 0.500 bits per heavy atom. The molecule has 0 aliphatic carbocycles. The van der Waals surface area contributed by atoms with Crippen molar-refractivity contribution in [2.45, 2.75) is 0 Å². The number of thiophene rings is 1. The first kappa shape index (κ1) is 27.7. The lowest BCUT2D eigenvalue weighted by Crippen LogP contribution is -2.09. The topological polar surface area (TPSA) is 65.1 Å². The van der Waals surface area contributed by atoms with Crippen molar-refractivity contribution in [3.63, 3.8) is 0 Å². The van der Waals surface area contributed by atoms with Crippen LogP contribution in [0, 0.1) is 0 Å². The van der Waals surface area contributed by atoms with E-state index in [0.717, 1.165) is 75.7 Å². The van der Waals surface area contributed by atoms with Crippen molar-refractivity contribution >= 4 is 90.9 Å². The first-order valence-electron chi connectivity index (χ1n) is 16.3. The molecule has 8 heteroatoms. The van der Waals surface area contributed by atoms with Crippen molar-refractivity contribution in [3.05, 3.63) is 150 Å². The predicted octanol–water partition coefficient (Wildman–Crippen LogP) is 10.7. The van der Waals surface area contributed by atoms with Crippen LogP contribution in [-0.2, 0) is 0 Å². The van der Waals surface area contributed by atoms with Gasteiger partial charge in [0, 0.05) is 37.7 Å². The van der Waals surface area contributed by atoms with E-state index in [9.17, 15) is 4.79 Å². The van der Waals surface area contributed by atoms with E-state index in [2.05, 4.69) is 129 Å². The molecule has 6 nitrogen and oxygen atoms in total. The monoisotopic (exact) mass is 677 g/mol. The standard InChI is InChI=1S/C42H23N5OS2/c48-41-30-23-33-29(22-34(30)47-32-18-7-9-20-36(32)50-42(47)45-41)27-15-4-6-17-31(27)46(33)26-14-10-13-25(21-26)40-43-37(24-11-2-1-3-12-24)39-38(44-40)28-16-5-8-19-35(28)49-39/h1-23H. The number of thiazole rings is 1. The summed E-state index contributed by atoms with van der Waals surface area (Å²) >= 11 is 3.27. The van der Waals surface area contributed by atoms with Crippen LogP contribution in [0.2, 0.25) is 0 Å². The maximum atomic E-state index is 13.6. The minimum atomic E-state index is -0.225. The zero-order chi connectivity index (χ0) is 32.9. The van der Waals surface area contributed by atoms with Gasteiger partial charge in [-0.3, -0.25) is 9.20 Å². The summed E-state index contributed by atoms with van der Waals surface area (Å²) in [4.78, 5) is 29.3. The van der Waals surface area contributed by atoms with Crippen molar-refractivity contribution in [2.75, 3.05) is 0 Å². The average Bonchev–Trinajstić information content (AvgIpc) is 3.83. The Morgan fingerprint density at radius 3 is 2.10 bits per heavy atom. The van der Waals surface area contributed by atoms with Gasteiger partial charge in [-0.1, -0.05) is 102 Å². The van der Waals surface area contributed by atoms with Crippen LogP contribution >= 0.6 is 22.7 Å². The first-order valence-corrected chi connectivity index (χ1v) is 18.0. The molecule has 0 atom stereocenters.